The molecule has 7 heteroatoms. The number of anilines is 2. The van der Waals surface area contributed by atoms with Crippen LogP contribution in [0.15, 0.2) is 42.5 Å². The molecule has 1 heterocycles. The Labute approximate surface area is 155 Å². The quantitative estimate of drug-likeness (QED) is 0.733. The number of aryl methyl sites for hydroxylation is 1. The van der Waals surface area contributed by atoms with Gasteiger partial charge in [-0.1, -0.05) is 0 Å². The van der Waals surface area contributed by atoms with Crippen LogP contribution in [0, 0.1) is 12.7 Å². The van der Waals surface area contributed by atoms with E-state index in [0.717, 1.165) is 0 Å². The van der Waals surface area contributed by atoms with Gasteiger partial charge in [-0.25, -0.2) is 4.39 Å². The molecular formula is C20H18FN3O3. The summed E-state index contributed by atoms with van der Waals surface area (Å²) in [4.78, 5) is 28.2. The molecule has 2 N–H and O–H groups in total. The molecule has 3 aromatic rings. The van der Waals surface area contributed by atoms with E-state index in [1.165, 1.54) is 26.2 Å². The van der Waals surface area contributed by atoms with Gasteiger partial charge in [-0.3, -0.25) is 14.6 Å². The van der Waals surface area contributed by atoms with E-state index < -0.39 is 0 Å². The molecule has 2 aromatic carbocycles. The van der Waals surface area contributed by atoms with Crippen LogP contribution in [0.3, 0.4) is 0 Å². The van der Waals surface area contributed by atoms with E-state index in [0.29, 0.717) is 39.3 Å². The highest BCUT2D eigenvalue weighted by atomic mass is 19.1. The Hall–Kier alpha value is -3.48. The lowest BCUT2D eigenvalue weighted by atomic mass is 10.1. The van der Waals surface area contributed by atoms with Gasteiger partial charge >= 0.3 is 0 Å². The smallest absolute Gasteiger partial charge is 0.257 e. The minimum absolute atomic E-state index is 0.223. The van der Waals surface area contributed by atoms with Gasteiger partial charge in [-0.2, -0.15) is 0 Å². The number of nitrogens with one attached hydrogen (secondary N) is 2. The standard InChI is InChI=1S/C20H18FN3O3/c1-11-16(8-13-4-5-14(21)9-18(13)22-11)20(26)24-15-6-7-17(23-12(2)25)19(10-15)27-3/h4-10H,1-3H3,(H,23,25)(H,24,26). The van der Waals surface area contributed by atoms with Gasteiger partial charge < -0.3 is 15.4 Å². The number of pyridine rings is 1. The van der Waals surface area contributed by atoms with Gasteiger partial charge in [0.25, 0.3) is 5.91 Å². The van der Waals surface area contributed by atoms with Gasteiger partial charge in [0.05, 0.1) is 29.6 Å². The van der Waals surface area contributed by atoms with Crippen LogP contribution in [0.4, 0.5) is 15.8 Å². The maximum absolute atomic E-state index is 13.3. The van der Waals surface area contributed by atoms with Gasteiger partial charge in [0, 0.05) is 30.1 Å². The van der Waals surface area contributed by atoms with Gasteiger partial charge in [0.1, 0.15) is 11.6 Å². The average Bonchev–Trinajstić information content (AvgIpc) is 2.61. The lowest BCUT2D eigenvalue weighted by molar-refractivity contribution is -0.114. The van der Waals surface area contributed by atoms with Gasteiger partial charge in [-0.05, 0) is 37.3 Å². The lowest BCUT2D eigenvalue weighted by Crippen LogP contribution is -2.14. The van der Waals surface area contributed by atoms with Gasteiger partial charge in [0.15, 0.2) is 0 Å². The number of amides is 2. The molecule has 0 radical (unpaired) electrons. The molecule has 0 aliphatic carbocycles. The molecule has 0 saturated carbocycles. The third kappa shape index (κ3) is 4.03. The van der Waals surface area contributed by atoms with E-state index in [2.05, 4.69) is 15.6 Å². The molecule has 0 atom stereocenters. The summed E-state index contributed by atoms with van der Waals surface area (Å²) >= 11 is 0. The summed E-state index contributed by atoms with van der Waals surface area (Å²) in [5, 5.41) is 6.11. The molecule has 6 nitrogen and oxygen atoms in total. The first-order valence-electron chi connectivity index (χ1n) is 8.21. The Morgan fingerprint density at radius 3 is 2.56 bits per heavy atom. The highest BCUT2D eigenvalue weighted by Crippen LogP contribution is 2.28. The number of ether oxygens (including phenoxy) is 1. The molecule has 0 fully saturated rings. The Bertz CT molecular complexity index is 1050. The Balaban J connectivity index is 1.89. The Kier molecular flexibility index (Phi) is 5.03. The monoisotopic (exact) mass is 367 g/mol. The maximum atomic E-state index is 13.3. The molecule has 0 aliphatic heterocycles. The average molecular weight is 367 g/mol. The fourth-order valence-electron chi connectivity index (χ4n) is 2.73. The van der Waals surface area contributed by atoms with Crippen molar-refractivity contribution in [3.8, 4) is 5.75 Å². The second-order valence-electron chi connectivity index (χ2n) is 6.01. The number of aromatic nitrogens is 1. The molecule has 0 saturated heterocycles. The van der Waals surface area contributed by atoms with Crippen LogP contribution in [-0.2, 0) is 4.79 Å². The van der Waals surface area contributed by atoms with Crippen molar-refractivity contribution >= 4 is 34.1 Å². The molecular weight excluding hydrogens is 349 g/mol. The summed E-state index contributed by atoms with van der Waals surface area (Å²) in [5.74, 6) is -0.523. The minimum Gasteiger partial charge on any atom is -0.494 e. The number of fused-ring (bicyclic) bond motifs is 1. The minimum atomic E-state index is -0.377. The highest BCUT2D eigenvalue weighted by molar-refractivity contribution is 6.07. The van der Waals surface area contributed by atoms with Crippen molar-refractivity contribution in [2.24, 2.45) is 0 Å². The number of halogens is 1. The van der Waals surface area contributed by atoms with Crippen LogP contribution in [-0.4, -0.2) is 23.9 Å². The molecule has 0 bridgehead atoms. The number of carbonyl (C=O) groups excluding carboxylic acids is 2. The first-order valence-corrected chi connectivity index (χ1v) is 8.21. The van der Waals surface area contributed by atoms with E-state index in [1.54, 1.807) is 37.3 Å². The van der Waals surface area contributed by atoms with E-state index in [1.807, 2.05) is 0 Å². The number of methoxy groups -OCH3 is 1. The molecule has 1 aromatic heterocycles. The largest absolute Gasteiger partial charge is 0.494 e. The number of carbonyl (C=O) groups is 2. The molecule has 2 amide bonds. The van der Waals surface area contributed by atoms with E-state index >= 15 is 0 Å². The van der Waals surface area contributed by atoms with E-state index in [9.17, 15) is 14.0 Å². The Morgan fingerprint density at radius 1 is 1.07 bits per heavy atom. The molecule has 27 heavy (non-hydrogen) atoms. The van der Waals surface area contributed by atoms with E-state index in [-0.39, 0.29) is 17.6 Å². The first-order chi connectivity index (χ1) is 12.9. The zero-order valence-electron chi connectivity index (χ0n) is 15.1. The molecule has 0 aliphatic rings. The van der Waals surface area contributed by atoms with Crippen LogP contribution in [0.1, 0.15) is 23.0 Å². The predicted molar refractivity (Wildman–Crippen MR) is 102 cm³/mol. The molecule has 3 rings (SSSR count). The van der Waals surface area contributed by atoms with Gasteiger partial charge in [0.2, 0.25) is 5.91 Å². The van der Waals surface area contributed by atoms with Crippen LogP contribution < -0.4 is 15.4 Å². The zero-order valence-corrected chi connectivity index (χ0v) is 15.1. The van der Waals surface area contributed by atoms with Crippen molar-refractivity contribution in [3.63, 3.8) is 0 Å². The summed E-state index contributed by atoms with van der Waals surface area (Å²) in [6.07, 6.45) is 0. The van der Waals surface area contributed by atoms with E-state index in [4.69, 9.17) is 4.74 Å². The highest BCUT2D eigenvalue weighted by Gasteiger charge is 2.14. The number of benzene rings is 2. The SMILES string of the molecule is COc1cc(NC(=O)c2cc3ccc(F)cc3nc2C)ccc1NC(C)=O. The summed E-state index contributed by atoms with van der Waals surface area (Å²) < 4.78 is 18.6. The topological polar surface area (TPSA) is 80.3 Å². The van der Waals surface area contributed by atoms with Crippen LogP contribution in [0.25, 0.3) is 10.9 Å². The third-order valence-corrected chi connectivity index (χ3v) is 3.98. The number of hydrogen-bond acceptors (Lipinski definition) is 4. The fraction of sp³-hybridized carbons (Fsp3) is 0.150. The first kappa shape index (κ1) is 18.3. The number of hydrogen-bond donors (Lipinski definition) is 2. The molecule has 0 unspecified atom stereocenters. The van der Waals surface area contributed by atoms with Crippen molar-refractivity contribution < 1.29 is 18.7 Å². The van der Waals surface area contributed by atoms with Crippen molar-refractivity contribution in [2.45, 2.75) is 13.8 Å². The maximum Gasteiger partial charge on any atom is 0.257 e. The summed E-state index contributed by atoms with van der Waals surface area (Å²) in [7, 11) is 1.47. The van der Waals surface area contributed by atoms with Crippen LogP contribution in [0.5, 0.6) is 5.75 Å². The third-order valence-electron chi connectivity index (χ3n) is 3.98. The van der Waals surface area contributed by atoms with Crippen molar-refractivity contribution in [1.29, 1.82) is 0 Å². The molecule has 138 valence electrons. The summed E-state index contributed by atoms with van der Waals surface area (Å²) in [5.41, 5.74) is 2.38. The van der Waals surface area contributed by atoms with Crippen molar-refractivity contribution in [2.75, 3.05) is 17.7 Å². The van der Waals surface area contributed by atoms with Crippen LogP contribution in [0.2, 0.25) is 0 Å². The fourth-order valence-corrected chi connectivity index (χ4v) is 2.73. The Morgan fingerprint density at radius 2 is 1.85 bits per heavy atom. The summed E-state index contributed by atoms with van der Waals surface area (Å²) in [6.45, 7) is 3.09. The zero-order chi connectivity index (χ0) is 19.6. The second kappa shape index (κ2) is 7.41. The van der Waals surface area contributed by atoms with Crippen molar-refractivity contribution in [3.05, 3.63) is 59.5 Å². The van der Waals surface area contributed by atoms with Crippen molar-refractivity contribution in [1.82, 2.24) is 4.98 Å². The predicted octanol–water partition coefficient (Wildman–Crippen LogP) is 3.90. The molecule has 0 spiro atoms. The van der Waals surface area contributed by atoms with Crippen LogP contribution >= 0.6 is 0 Å². The second-order valence-corrected chi connectivity index (χ2v) is 6.01. The lowest BCUT2D eigenvalue weighted by Gasteiger charge is -2.13. The number of nitrogens with zero attached hydrogens (tertiary/aromatic N) is 1. The number of rotatable bonds is 4. The van der Waals surface area contributed by atoms with Gasteiger partial charge in [-0.15, -0.1) is 0 Å². The normalized spacial score (nSPS) is 10.5. The summed E-state index contributed by atoms with van der Waals surface area (Å²) in [6, 6.07) is 10.8.